The Morgan fingerprint density at radius 3 is 2.43 bits per heavy atom. The summed E-state index contributed by atoms with van der Waals surface area (Å²) in [6, 6.07) is 15.2. The molecule has 30 heavy (non-hydrogen) atoms. The predicted molar refractivity (Wildman–Crippen MR) is 115 cm³/mol. The van der Waals surface area contributed by atoms with Crippen molar-refractivity contribution in [2.45, 2.75) is 26.8 Å². The van der Waals surface area contributed by atoms with E-state index in [9.17, 15) is 14.0 Å². The van der Waals surface area contributed by atoms with E-state index >= 15 is 0 Å². The van der Waals surface area contributed by atoms with E-state index in [1.54, 1.807) is 37.4 Å². The first-order valence-corrected chi connectivity index (χ1v) is 9.79. The lowest BCUT2D eigenvalue weighted by Crippen LogP contribution is -2.16. The van der Waals surface area contributed by atoms with Crippen LogP contribution in [0.3, 0.4) is 0 Å². The van der Waals surface area contributed by atoms with Crippen molar-refractivity contribution >= 4 is 17.4 Å². The Bertz CT molecular complexity index is 1050. The normalized spacial score (nSPS) is 10.7. The summed E-state index contributed by atoms with van der Waals surface area (Å²) in [6.07, 6.45) is 0.722. The van der Waals surface area contributed by atoms with Crippen LogP contribution in [0.15, 0.2) is 54.6 Å². The summed E-state index contributed by atoms with van der Waals surface area (Å²) in [5.74, 6) is -1.04. The standard InChI is InChI=1S/C24H25FN2O3/c1-16-14-21(17(2)27(16)13-12-18-8-10-19(25)11-9-18)23(28)15-30-24(29)20-6-4-5-7-22(20)26-3/h4-11,14,26H,12-13,15H2,1-3H3. The Balaban J connectivity index is 1.65. The van der Waals surface area contributed by atoms with E-state index in [2.05, 4.69) is 9.88 Å². The molecule has 0 aliphatic rings. The van der Waals surface area contributed by atoms with Crippen LogP contribution in [0.4, 0.5) is 10.1 Å². The maximum absolute atomic E-state index is 13.1. The van der Waals surface area contributed by atoms with Crippen molar-refractivity contribution in [1.82, 2.24) is 4.57 Å². The Morgan fingerprint density at radius 1 is 1.03 bits per heavy atom. The van der Waals surface area contributed by atoms with E-state index in [4.69, 9.17) is 4.74 Å². The number of nitrogens with zero attached hydrogens (tertiary/aromatic N) is 1. The molecule has 1 N–H and O–H groups in total. The van der Waals surface area contributed by atoms with Crippen LogP contribution in [0.1, 0.15) is 37.7 Å². The number of carbonyl (C=O) groups is 2. The van der Waals surface area contributed by atoms with Gasteiger partial charge in [-0.3, -0.25) is 4.79 Å². The van der Waals surface area contributed by atoms with Crippen molar-refractivity contribution in [3.8, 4) is 0 Å². The van der Waals surface area contributed by atoms with Gasteiger partial charge in [-0.1, -0.05) is 24.3 Å². The van der Waals surface area contributed by atoms with Crippen LogP contribution in [0.5, 0.6) is 0 Å². The number of hydrogen-bond acceptors (Lipinski definition) is 4. The number of esters is 1. The molecule has 6 heteroatoms. The average Bonchev–Trinajstić information content (AvgIpc) is 3.04. The van der Waals surface area contributed by atoms with Crippen LogP contribution < -0.4 is 5.32 Å². The van der Waals surface area contributed by atoms with Crippen LogP contribution in [-0.2, 0) is 17.7 Å². The molecule has 0 saturated carbocycles. The molecule has 2 aromatic carbocycles. The molecule has 156 valence electrons. The fraction of sp³-hybridized carbons (Fsp3) is 0.250. The largest absolute Gasteiger partial charge is 0.454 e. The zero-order valence-electron chi connectivity index (χ0n) is 17.4. The van der Waals surface area contributed by atoms with Gasteiger partial charge in [0.2, 0.25) is 5.78 Å². The molecular formula is C24H25FN2O3. The third kappa shape index (κ3) is 4.76. The summed E-state index contributed by atoms with van der Waals surface area (Å²) in [5.41, 5.74) is 4.37. The highest BCUT2D eigenvalue weighted by atomic mass is 19.1. The summed E-state index contributed by atoms with van der Waals surface area (Å²) in [4.78, 5) is 25.0. The van der Waals surface area contributed by atoms with E-state index in [1.807, 2.05) is 26.0 Å². The first-order chi connectivity index (χ1) is 14.4. The molecule has 0 radical (unpaired) electrons. The molecule has 1 aromatic heterocycles. The number of anilines is 1. The molecule has 1 heterocycles. The molecule has 5 nitrogen and oxygen atoms in total. The van der Waals surface area contributed by atoms with E-state index in [0.717, 1.165) is 23.4 Å². The second-order valence-corrected chi connectivity index (χ2v) is 7.11. The predicted octanol–water partition coefficient (Wildman–Crippen LogP) is 4.57. The van der Waals surface area contributed by atoms with Crippen LogP contribution >= 0.6 is 0 Å². The van der Waals surface area contributed by atoms with Crippen molar-refractivity contribution in [2.75, 3.05) is 19.0 Å². The van der Waals surface area contributed by atoms with Crippen LogP contribution in [0.2, 0.25) is 0 Å². The number of nitrogens with one attached hydrogen (secondary N) is 1. The number of ketones is 1. The number of aromatic nitrogens is 1. The number of benzene rings is 2. The molecule has 3 aromatic rings. The Labute approximate surface area is 175 Å². The molecule has 0 aliphatic heterocycles. The number of hydrogen-bond donors (Lipinski definition) is 1. The van der Waals surface area contributed by atoms with Crippen LogP contribution in [0.25, 0.3) is 0 Å². The Hall–Kier alpha value is -3.41. The lowest BCUT2D eigenvalue weighted by Gasteiger charge is -2.11. The number of Topliss-reactive ketones (excluding diaryl/α,β-unsaturated/α-hetero) is 1. The highest BCUT2D eigenvalue weighted by Crippen LogP contribution is 2.19. The van der Waals surface area contributed by atoms with Gasteiger partial charge < -0.3 is 14.6 Å². The quantitative estimate of drug-likeness (QED) is 0.438. The van der Waals surface area contributed by atoms with Gasteiger partial charge in [-0.2, -0.15) is 0 Å². The number of halogens is 1. The first-order valence-electron chi connectivity index (χ1n) is 9.79. The van der Waals surface area contributed by atoms with Gasteiger partial charge in [-0.25, -0.2) is 9.18 Å². The molecule has 0 spiro atoms. The molecule has 0 saturated heterocycles. The molecule has 0 amide bonds. The minimum absolute atomic E-state index is 0.244. The SMILES string of the molecule is CNc1ccccc1C(=O)OCC(=O)c1cc(C)n(CCc2ccc(F)cc2)c1C. The molecule has 0 bridgehead atoms. The minimum atomic E-state index is -0.543. The highest BCUT2D eigenvalue weighted by Gasteiger charge is 2.19. The zero-order valence-corrected chi connectivity index (χ0v) is 17.4. The lowest BCUT2D eigenvalue weighted by atomic mass is 10.1. The third-order valence-corrected chi connectivity index (χ3v) is 5.16. The fourth-order valence-corrected chi connectivity index (χ4v) is 3.49. The second-order valence-electron chi connectivity index (χ2n) is 7.11. The maximum Gasteiger partial charge on any atom is 0.340 e. The lowest BCUT2D eigenvalue weighted by molar-refractivity contribution is 0.0475. The van der Waals surface area contributed by atoms with E-state index in [0.29, 0.717) is 23.4 Å². The molecule has 0 aliphatic carbocycles. The maximum atomic E-state index is 13.1. The van der Waals surface area contributed by atoms with E-state index in [-0.39, 0.29) is 18.2 Å². The number of rotatable bonds is 8. The average molecular weight is 408 g/mol. The number of carbonyl (C=O) groups excluding carboxylic acids is 2. The monoisotopic (exact) mass is 408 g/mol. The first kappa shape index (κ1) is 21.3. The van der Waals surface area contributed by atoms with Crippen LogP contribution in [0, 0.1) is 19.7 Å². The summed E-state index contributed by atoms with van der Waals surface area (Å²) >= 11 is 0. The highest BCUT2D eigenvalue weighted by molar-refractivity contribution is 6.01. The summed E-state index contributed by atoms with van der Waals surface area (Å²) in [6.45, 7) is 4.16. The molecule has 0 fully saturated rings. The molecule has 3 rings (SSSR count). The van der Waals surface area contributed by atoms with Gasteiger partial charge in [-0.05, 0) is 56.2 Å². The fourth-order valence-electron chi connectivity index (χ4n) is 3.49. The van der Waals surface area contributed by atoms with Gasteiger partial charge in [0.1, 0.15) is 5.82 Å². The van der Waals surface area contributed by atoms with Gasteiger partial charge in [0.25, 0.3) is 0 Å². The second kappa shape index (κ2) is 9.39. The van der Waals surface area contributed by atoms with Gasteiger partial charge in [0.05, 0.1) is 5.56 Å². The molecular weight excluding hydrogens is 383 g/mol. The number of ether oxygens (including phenoxy) is 1. The van der Waals surface area contributed by atoms with Crippen molar-refractivity contribution in [3.05, 3.63) is 88.5 Å². The van der Waals surface area contributed by atoms with Gasteiger partial charge in [0.15, 0.2) is 6.61 Å². The minimum Gasteiger partial charge on any atom is -0.454 e. The number of aryl methyl sites for hydroxylation is 2. The van der Waals surface area contributed by atoms with Crippen molar-refractivity contribution in [1.29, 1.82) is 0 Å². The summed E-state index contributed by atoms with van der Waals surface area (Å²) < 4.78 is 20.4. The van der Waals surface area contributed by atoms with Gasteiger partial charge in [-0.15, -0.1) is 0 Å². The summed E-state index contributed by atoms with van der Waals surface area (Å²) in [5, 5.41) is 2.94. The van der Waals surface area contributed by atoms with Crippen LogP contribution in [-0.4, -0.2) is 30.0 Å². The number of para-hydroxylation sites is 1. The van der Waals surface area contributed by atoms with E-state index < -0.39 is 5.97 Å². The van der Waals surface area contributed by atoms with Gasteiger partial charge >= 0.3 is 5.97 Å². The van der Waals surface area contributed by atoms with Crippen molar-refractivity contribution in [2.24, 2.45) is 0 Å². The zero-order chi connectivity index (χ0) is 21.7. The summed E-state index contributed by atoms with van der Waals surface area (Å²) in [7, 11) is 1.72. The van der Waals surface area contributed by atoms with E-state index in [1.165, 1.54) is 12.1 Å². The van der Waals surface area contributed by atoms with Crippen molar-refractivity contribution < 1.29 is 18.7 Å². The Kier molecular flexibility index (Phi) is 6.67. The smallest absolute Gasteiger partial charge is 0.340 e. The van der Waals surface area contributed by atoms with Gasteiger partial charge in [0, 0.05) is 36.2 Å². The van der Waals surface area contributed by atoms with Crippen molar-refractivity contribution in [3.63, 3.8) is 0 Å². The Morgan fingerprint density at radius 2 is 1.73 bits per heavy atom. The third-order valence-electron chi connectivity index (χ3n) is 5.16. The molecule has 0 atom stereocenters. The topological polar surface area (TPSA) is 60.3 Å². The molecule has 0 unspecified atom stereocenters.